The van der Waals surface area contributed by atoms with Crippen molar-refractivity contribution < 1.29 is 28.2 Å². The summed E-state index contributed by atoms with van der Waals surface area (Å²) in [5.74, 6) is -0.271. The molecule has 0 spiro atoms. The maximum atomic E-state index is 11.8. The molecule has 2 rings (SSSR count). The average molecular weight is 409 g/mol. The van der Waals surface area contributed by atoms with Crippen molar-refractivity contribution in [3.63, 3.8) is 0 Å². The largest absolute Gasteiger partial charge is 0.506 e. The molecule has 0 bridgehead atoms. The Labute approximate surface area is 163 Å². The topological polar surface area (TPSA) is 151 Å². The summed E-state index contributed by atoms with van der Waals surface area (Å²) in [6.45, 7) is -0.0390. The minimum absolute atomic E-state index is 0.0390. The second-order valence-corrected chi connectivity index (χ2v) is 7.93. The van der Waals surface area contributed by atoms with E-state index >= 15 is 0 Å². The minimum Gasteiger partial charge on any atom is -0.506 e. The standard InChI is InChI=1S/C18H23N3O6S/c1-27-13-6-3-11(4-7-13)17(18(19)24)20-10-16(23)12-5-8-15(22)14(9-12)21-28(2,25)26/h3-9,16-17,20-23H,10H2,1-2H3,(H2,19,24)/t16-,17?/m0/s1. The first-order chi connectivity index (χ1) is 13.1. The van der Waals surface area contributed by atoms with Gasteiger partial charge in [0, 0.05) is 6.54 Å². The highest BCUT2D eigenvalue weighted by Crippen LogP contribution is 2.28. The van der Waals surface area contributed by atoms with Gasteiger partial charge in [-0.25, -0.2) is 8.42 Å². The van der Waals surface area contributed by atoms with E-state index in [1.807, 2.05) is 0 Å². The van der Waals surface area contributed by atoms with E-state index in [0.717, 1.165) is 6.26 Å². The molecule has 9 nitrogen and oxygen atoms in total. The Kier molecular flexibility index (Phi) is 6.84. The molecule has 0 radical (unpaired) electrons. The van der Waals surface area contributed by atoms with Gasteiger partial charge in [-0.2, -0.15) is 0 Å². The van der Waals surface area contributed by atoms with Crippen LogP contribution in [-0.4, -0.2) is 44.4 Å². The van der Waals surface area contributed by atoms with E-state index < -0.39 is 28.1 Å². The van der Waals surface area contributed by atoms with Crippen LogP contribution in [-0.2, 0) is 14.8 Å². The van der Waals surface area contributed by atoms with E-state index in [9.17, 15) is 23.4 Å². The lowest BCUT2D eigenvalue weighted by Crippen LogP contribution is -2.36. The molecule has 2 aromatic rings. The Morgan fingerprint density at radius 1 is 1.18 bits per heavy atom. The molecule has 28 heavy (non-hydrogen) atoms. The molecular formula is C18H23N3O6S. The number of aromatic hydroxyl groups is 1. The molecule has 0 aliphatic carbocycles. The number of hydrogen-bond acceptors (Lipinski definition) is 7. The Hall–Kier alpha value is -2.82. The highest BCUT2D eigenvalue weighted by atomic mass is 32.2. The van der Waals surface area contributed by atoms with Gasteiger partial charge < -0.3 is 20.7 Å². The summed E-state index contributed by atoms with van der Waals surface area (Å²) in [5.41, 5.74) is 6.34. The lowest BCUT2D eigenvalue weighted by molar-refractivity contribution is -0.120. The molecule has 0 fully saturated rings. The van der Waals surface area contributed by atoms with Crippen LogP contribution in [0.5, 0.6) is 11.5 Å². The van der Waals surface area contributed by atoms with Crippen molar-refractivity contribution in [2.45, 2.75) is 12.1 Å². The van der Waals surface area contributed by atoms with Gasteiger partial charge in [0.05, 0.1) is 25.2 Å². The number of sulfonamides is 1. The maximum absolute atomic E-state index is 11.8. The number of aliphatic hydroxyl groups excluding tert-OH is 1. The van der Waals surface area contributed by atoms with Crippen LogP contribution >= 0.6 is 0 Å². The van der Waals surface area contributed by atoms with E-state index in [2.05, 4.69) is 10.0 Å². The van der Waals surface area contributed by atoms with Crippen LogP contribution in [0.1, 0.15) is 23.3 Å². The summed E-state index contributed by atoms with van der Waals surface area (Å²) < 4.78 is 30.0. The fraction of sp³-hybridized carbons (Fsp3) is 0.278. The van der Waals surface area contributed by atoms with Crippen LogP contribution in [0.2, 0.25) is 0 Å². The molecule has 0 aliphatic rings. The molecule has 1 amide bonds. The predicted octanol–water partition coefficient (Wildman–Crippen LogP) is 0.622. The van der Waals surface area contributed by atoms with Crippen molar-refractivity contribution in [1.29, 1.82) is 0 Å². The highest BCUT2D eigenvalue weighted by molar-refractivity contribution is 7.92. The molecule has 152 valence electrons. The predicted molar refractivity (Wildman–Crippen MR) is 104 cm³/mol. The second-order valence-electron chi connectivity index (χ2n) is 6.18. The number of benzene rings is 2. The monoisotopic (exact) mass is 409 g/mol. The summed E-state index contributed by atoms with van der Waals surface area (Å²) in [7, 11) is -2.07. The van der Waals surface area contributed by atoms with Crippen LogP contribution in [0.3, 0.4) is 0 Å². The van der Waals surface area contributed by atoms with Crippen molar-refractivity contribution in [2.75, 3.05) is 24.6 Å². The fourth-order valence-corrected chi connectivity index (χ4v) is 3.13. The number of hydrogen-bond donors (Lipinski definition) is 5. The average Bonchev–Trinajstić information content (AvgIpc) is 2.62. The molecule has 2 atom stereocenters. The van der Waals surface area contributed by atoms with Crippen LogP contribution in [0.4, 0.5) is 5.69 Å². The molecule has 1 unspecified atom stereocenters. The summed E-state index contributed by atoms with van der Waals surface area (Å²) in [4.78, 5) is 11.8. The van der Waals surface area contributed by atoms with Crippen LogP contribution in [0.25, 0.3) is 0 Å². The number of ether oxygens (including phenoxy) is 1. The van der Waals surface area contributed by atoms with Gasteiger partial charge in [0.15, 0.2) is 0 Å². The quantitative estimate of drug-likeness (QED) is 0.381. The molecule has 0 saturated heterocycles. The first kappa shape index (κ1) is 21.5. The number of phenols is 1. The van der Waals surface area contributed by atoms with E-state index in [1.165, 1.54) is 25.3 Å². The number of phenolic OH excluding ortho intramolecular Hbond substituents is 1. The van der Waals surface area contributed by atoms with E-state index in [4.69, 9.17) is 10.5 Å². The number of nitrogens with one attached hydrogen (secondary N) is 2. The Morgan fingerprint density at radius 2 is 1.79 bits per heavy atom. The smallest absolute Gasteiger partial charge is 0.239 e. The number of nitrogens with two attached hydrogens (primary N) is 1. The summed E-state index contributed by atoms with van der Waals surface area (Å²) >= 11 is 0. The van der Waals surface area contributed by atoms with Crippen LogP contribution < -0.4 is 20.5 Å². The summed E-state index contributed by atoms with van der Waals surface area (Å²) in [6, 6.07) is 9.92. The normalized spacial score (nSPS) is 13.5. The van der Waals surface area contributed by atoms with Crippen molar-refractivity contribution in [3.05, 3.63) is 53.6 Å². The number of carbonyl (C=O) groups is 1. The fourth-order valence-electron chi connectivity index (χ4n) is 2.57. The van der Waals surface area contributed by atoms with Gasteiger partial charge in [-0.1, -0.05) is 18.2 Å². The SMILES string of the molecule is COc1ccc(C(NC[C@H](O)c2ccc(O)c(NS(C)(=O)=O)c2)C(N)=O)cc1. The maximum Gasteiger partial charge on any atom is 0.239 e. The van der Waals surface area contributed by atoms with Crippen molar-refractivity contribution >= 4 is 21.6 Å². The lowest BCUT2D eigenvalue weighted by atomic mass is 10.0. The third-order valence-corrected chi connectivity index (χ3v) is 4.54. The first-order valence-electron chi connectivity index (χ1n) is 8.26. The van der Waals surface area contributed by atoms with E-state index in [0.29, 0.717) is 16.9 Å². The summed E-state index contributed by atoms with van der Waals surface area (Å²) in [5, 5.41) is 23.1. The first-order valence-corrected chi connectivity index (χ1v) is 10.1. The number of aliphatic hydroxyl groups is 1. The number of anilines is 1. The van der Waals surface area contributed by atoms with Gasteiger partial charge >= 0.3 is 0 Å². The van der Waals surface area contributed by atoms with Crippen LogP contribution in [0.15, 0.2) is 42.5 Å². The zero-order valence-electron chi connectivity index (χ0n) is 15.4. The minimum atomic E-state index is -3.60. The number of amides is 1. The third-order valence-electron chi connectivity index (χ3n) is 3.95. The van der Waals surface area contributed by atoms with Gasteiger partial charge in [0.25, 0.3) is 0 Å². The van der Waals surface area contributed by atoms with Crippen molar-refractivity contribution in [1.82, 2.24) is 5.32 Å². The van der Waals surface area contributed by atoms with E-state index in [-0.39, 0.29) is 18.0 Å². The molecule has 6 N–H and O–H groups in total. The number of primary amides is 1. The Bertz CT molecular complexity index is 931. The van der Waals surface area contributed by atoms with E-state index in [1.54, 1.807) is 24.3 Å². The molecule has 0 heterocycles. The molecule has 0 saturated carbocycles. The van der Waals surface area contributed by atoms with Gasteiger partial charge in [0.2, 0.25) is 15.9 Å². The Balaban J connectivity index is 2.13. The Morgan fingerprint density at radius 3 is 2.32 bits per heavy atom. The zero-order chi connectivity index (χ0) is 20.9. The zero-order valence-corrected chi connectivity index (χ0v) is 16.2. The third kappa shape index (κ3) is 5.84. The van der Waals surface area contributed by atoms with Gasteiger partial charge in [-0.15, -0.1) is 0 Å². The van der Waals surface area contributed by atoms with Crippen molar-refractivity contribution in [3.8, 4) is 11.5 Å². The van der Waals surface area contributed by atoms with Gasteiger partial charge in [-0.05, 0) is 35.4 Å². The van der Waals surface area contributed by atoms with Gasteiger partial charge in [-0.3, -0.25) is 14.8 Å². The molecule has 0 aliphatic heterocycles. The number of rotatable bonds is 9. The lowest BCUT2D eigenvalue weighted by Gasteiger charge is -2.19. The molecule has 10 heteroatoms. The van der Waals surface area contributed by atoms with Gasteiger partial charge in [0.1, 0.15) is 17.5 Å². The molecular weight excluding hydrogens is 386 g/mol. The highest BCUT2D eigenvalue weighted by Gasteiger charge is 2.20. The summed E-state index contributed by atoms with van der Waals surface area (Å²) in [6.07, 6.45) is -0.135. The number of carbonyl (C=O) groups excluding carboxylic acids is 1. The van der Waals surface area contributed by atoms with Crippen molar-refractivity contribution in [2.24, 2.45) is 5.73 Å². The van der Waals surface area contributed by atoms with Crippen LogP contribution in [0, 0.1) is 0 Å². The number of methoxy groups -OCH3 is 1. The molecule has 0 aromatic heterocycles. The molecule has 2 aromatic carbocycles. The second kappa shape index (κ2) is 8.91.